The number of carbonyl (C=O) groups excluding carboxylic acids is 5. The van der Waals surface area contributed by atoms with Crippen LogP contribution in [-0.4, -0.2) is 155 Å². The number of imide groups is 2. The Hall–Kier alpha value is -6.98. The lowest BCUT2D eigenvalue weighted by Gasteiger charge is -2.34. The Morgan fingerprint density at radius 3 is 2.30 bits per heavy atom. The minimum absolute atomic E-state index is 0.0691. The van der Waals surface area contributed by atoms with Crippen molar-refractivity contribution in [3.05, 3.63) is 101 Å². The number of piperazine rings is 1. The van der Waals surface area contributed by atoms with Crippen molar-refractivity contribution in [2.24, 2.45) is 5.92 Å². The fourth-order valence-corrected chi connectivity index (χ4v) is 8.53. The van der Waals surface area contributed by atoms with Gasteiger partial charge in [-0.05, 0) is 73.2 Å². The van der Waals surface area contributed by atoms with Gasteiger partial charge in [0.1, 0.15) is 18.1 Å². The fraction of sp³-hybridized carbons (Fsp3) is 0.429. The zero-order valence-corrected chi connectivity index (χ0v) is 39.0. The molecular weight excluding hydrogens is 923 g/mol. The second kappa shape index (κ2) is 22.8. The Morgan fingerprint density at radius 1 is 0.845 bits per heavy atom. The number of pyridine rings is 1. The van der Waals surface area contributed by atoms with Gasteiger partial charge in [0.15, 0.2) is 11.4 Å². The standard InChI is InChI=1S/C49H56F2N12O8/c50-44(51)43-38(56-45(65)39-30-71-47(57-39)33-11-12-54-41(25-33)55-28-32-1-2-32)29-62(59-43)35-6-3-31(4-7-35)27-52-13-21-69-23-19-60-15-17-61(18-16-60)20-24-70-22-14-53-34-5-8-36-37(26-34)49(68)63(48(36)67)40-9-10-42(64)58-46(40)66/h3-8,11-12,25-26,29-30,32,40,44,52-53H,1-2,9-10,13-24,27-28H2,(H,54,55)(H,56,65)(H,58,64,66). The summed E-state index contributed by atoms with van der Waals surface area (Å²) in [6, 6.07) is 14.7. The van der Waals surface area contributed by atoms with Gasteiger partial charge in [-0.3, -0.25) is 44.0 Å². The summed E-state index contributed by atoms with van der Waals surface area (Å²) < 4.78 is 46.8. The first-order valence-electron chi connectivity index (χ1n) is 23.9. The Kier molecular flexibility index (Phi) is 15.8. The predicted octanol–water partition coefficient (Wildman–Crippen LogP) is 4.19. The topological polar surface area (TPSA) is 230 Å². The van der Waals surface area contributed by atoms with Crippen molar-refractivity contribution in [1.82, 2.24) is 45.1 Å². The molecule has 0 spiro atoms. The molecular formula is C49H56F2N12O8. The Bertz CT molecular complexity index is 2700. The third-order valence-electron chi connectivity index (χ3n) is 12.7. The first-order chi connectivity index (χ1) is 34.6. The molecule has 0 radical (unpaired) electrons. The molecule has 6 heterocycles. The van der Waals surface area contributed by atoms with Crippen molar-refractivity contribution < 1.29 is 46.6 Å². The maximum Gasteiger partial charge on any atom is 0.284 e. The average molecular weight is 979 g/mol. The van der Waals surface area contributed by atoms with Crippen LogP contribution < -0.4 is 26.6 Å². The molecule has 20 nitrogen and oxygen atoms in total. The number of amides is 5. The van der Waals surface area contributed by atoms with Crippen molar-refractivity contribution in [2.75, 3.05) is 101 Å². The SMILES string of the molecule is O=C1CCC(N2C(=O)c3ccc(NCCOCCN4CCN(CCOCCNCc5ccc(-n6cc(NC(=O)c7coc(-c8ccnc(NCC9CC9)c8)n7)c(C(F)F)n6)cc5)CC4)cc3C2=O)C(=O)N1. The minimum atomic E-state index is -2.93. The number of hydrogen-bond acceptors (Lipinski definition) is 16. The number of aromatic nitrogens is 4. The Morgan fingerprint density at radius 2 is 1.58 bits per heavy atom. The van der Waals surface area contributed by atoms with E-state index in [-0.39, 0.29) is 41.2 Å². The molecule has 1 atom stereocenters. The average Bonchev–Trinajstić information content (AvgIpc) is 3.79. The second-order valence-corrected chi connectivity index (χ2v) is 17.8. The molecule has 4 aliphatic rings. The number of rotatable bonds is 24. The van der Waals surface area contributed by atoms with Crippen LogP contribution in [0.3, 0.4) is 0 Å². The van der Waals surface area contributed by atoms with Gasteiger partial charge in [-0.2, -0.15) is 5.10 Å². The summed E-state index contributed by atoms with van der Waals surface area (Å²) in [6.07, 6.45) is 3.81. The number of fused-ring (bicyclic) bond motifs is 1. The summed E-state index contributed by atoms with van der Waals surface area (Å²) in [6.45, 7) is 10.2. The van der Waals surface area contributed by atoms with E-state index in [0.717, 1.165) is 56.3 Å². The number of alkyl halides is 2. The van der Waals surface area contributed by atoms with Crippen molar-refractivity contribution in [1.29, 1.82) is 0 Å². The summed E-state index contributed by atoms with van der Waals surface area (Å²) in [5, 5.41) is 18.7. The molecule has 22 heteroatoms. The van der Waals surface area contributed by atoms with Gasteiger partial charge >= 0.3 is 0 Å². The predicted molar refractivity (Wildman–Crippen MR) is 255 cm³/mol. The first kappa shape index (κ1) is 49.0. The molecule has 3 aliphatic heterocycles. The largest absolute Gasteiger partial charge is 0.444 e. The highest BCUT2D eigenvalue weighted by Gasteiger charge is 2.44. The van der Waals surface area contributed by atoms with Crippen molar-refractivity contribution in [3.63, 3.8) is 0 Å². The lowest BCUT2D eigenvalue weighted by molar-refractivity contribution is -0.136. The highest BCUT2D eigenvalue weighted by molar-refractivity contribution is 6.23. The van der Waals surface area contributed by atoms with Crippen LogP contribution in [0.4, 0.5) is 26.0 Å². The molecule has 5 N–H and O–H groups in total. The third kappa shape index (κ3) is 12.5. The number of anilines is 3. The summed E-state index contributed by atoms with van der Waals surface area (Å²) >= 11 is 0. The molecule has 3 fully saturated rings. The van der Waals surface area contributed by atoms with Gasteiger partial charge in [-0.25, -0.2) is 23.4 Å². The monoisotopic (exact) mass is 978 g/mol. The molecule has 374 valence electrons. The summed E-state index contributed by atoms with van der Waals surface area (Å²) in [5.74, 6) is -1.30. The normalized spacial score (nSPS) is 17.5. The summed E-state index contributed by atoms with van der Waals surface area (Å²) in [4.78, 5) is 77.3. The molecule has 9 rings (SSSR count). The van der Waals surface area contributed by atoms with E-state index in [1.807, 2.05) is 12.1 Å². The number of piperidine rings is 1. The van der Waals surface area contributed by atoms with Gasteiger partial charge in [-0.15, -0.1) is 0 Å². The van der Waals surface area contributed by atoms with E-state index in [2.05, 4.69) is 51.5 Å². The van der Waals surface area contributed by atoms with E-state index in [9.17, 15) is 32.8 Å². The van der Waals surface area contributed by atoms with Gasteiger partial charge in [0, 0.05) is 89.3 Å². The number of hydrogen-bond donors (Lipinski definition) is 5. The highest BCUT2D eigenvalue weighted by atomic mass is 19.3. The van der Waals surface area contributed by atoms with Crippen molar-refractivity contribution >= 4 is 46.7 Å². The molecule has 1 aliphatic carbocycles. The number of nitrogens with zero attached hydrogens (tertiary/aromatic N) is 7. The number of nitrogens with one attached hydrogen (secondary N) is 5. The molecule has 5 amide bonds. The number of benzene rings is 2. The van der Waals surface area contributed by atoms with Crippen LogP contribution in [-0.2, 0) is 25.6 Å². The quantitative estimate of drug-likeness (QED) is 0.0431. The molecule has 3 aromatic heterocycles. The zero-order valence-electron chi connectivity index (χ0n) is 39.0. The maximum atomic E-state index is 14.1. The van der Waals surface area contributed by atoms with Gasteiger partial charge in [0.25, 0.3) is 24.1 Å². The molecule has 0 bridgehead atoms. The summed E-state index contributed by atoms with van der Waals surface area (Å²) in [7, 11) is 0. The maximum absolute atomic E-state index is 14.1. The fourth-order valence-electron chi connectivity index (χ4n) is 8.53. The molecule has 2 saturated heterocycles. The van der Waals surface area contributed by atoms with Crippen LogP contribution in [0.2, 0.25) is 0 Å². The Balaban J connectivity index is 0.616. The van der Waals surface area contributed by atoms with Gasteiger partial charge < -0.3 is 35.2 Å². The van der Waals surface area contributed by atoms with Gasteiger partial charge in [0.05, 0.1) is 55.1 Å². The minimum Gasteiger partial charge on any atom is -0.444 e. The molecule has 1 saturated carbocycles. The number of oxazole rings is 1. The van der Waals surface area contributed by atoms with E-state index >= 15 is 0 Å². The van der Waals surface area contributed by atoms with E-state index < -0.39 is 47.7 Å². The van der Waals surface area contributed by atoms with Crippen LogP contribution in [0, 0.1) is 5.92 Å². The third-order valence-corrected chi connectivity index (χ3v) is 12.7. The van der Waals surface area contributed by atoms with Crippen LogP contribution >= 0.6 is 0 Å². The van der Waals surface area contributed by atoms with Gasteiger partial charge in [-0.1, -0.05) is 12.1 Å². The number of carbonyl (C=O) groups is 5. The van der Waals surface area contributed by atoms with E-state index in [1.165, 1.54) is 30.0 Å². The van der Waals surface area contributed by atoms with Crippen molar-refractivity contribution in [2.45, 2.75) is 44.7 Å². The first-order valence-corrected chi connectivity index (χ1v) is 23.9. The Labute approximate surface area is 407 Å². The summed E-state index contributed by atoms with van der Waals surface area (Å²) in [5.41, 5.74) is 2.51. The molecule has 2 aromatic carbocycles. The highest BCUT2D eigenvalue weighted by Crippen LogP contribution is 2.32. The lowest BCUT2D eigenvalue weighted by atomic mass is 10.0. The molecule has 71 heavy (non-hydrogen) atoms. The smallest absolute Gasteiger partial charge is 0.284 e. The van der Waals surface area contributed by atoms with Crippen LogP contribution in [0.15, 0.2) is 77.7 Å². The van der Waals surface area contributed by atoms with Crippen molar-refractivity contribution in [3.8, 4) is 17.1 Å². The zero-order chi connectivity index (χ0) is 49.3. The van der Waals surface area contributed by atoms with E-state index in [0.29, 0.717) is 74.7 Å². The van der Waals surface area contributed by atoms with Crippen LogP contribution in [0.5, 0.6) is 0 Å². The van der Waals surface area contributed by atoms with Crippen LogP contribution in [0.25, 0.3) is 17.1 Å². The van der Waals surface area contributed by atoms with E-state index in [4.69, 9.17) is 13.9 Å². The number of ether oxygens (including phenoxy) is 2. The lowest BCUT2D eigenvalue weighted by Crippen LogP contribution is -2.54. The molecule has 1 unspecified atom stereocenters. The van der Waals surface area contributed by atoms with E-state index in [1.54, 1.807) is 48.7 Å². The van der Waals surface area contributed by atoms with Gasteiger partial charge in [0.2, 0.25) is 17.7 Å². The van der Waals surface area contributed by atoms with Crippen LogP contribution in [0.1, 0.15) is 74.6 Å². The number of halogens is 2. The second-order valence-electron chi connectivity index (χ2n) is 17.8. The molecule has 5 aromatic rings.